The van der Waals surface area contributed by atoms with E-state index >= 15 is 0 Å². The van der Waals surface area contributed by atoms with E-state index in [2.05, 4.69) is 10.4 Å². The molecule has 5 rings (SSSR count). The van der Waals surface area contributed by atoms with Crippen molar-refractivity contribution in [3.63, 3.8) is 0 Å². The standard InChI is InChI=1S/C25H22FN5O3S/c1-15-10-22(28-24(33)17-12-23(32)30(13-17)19-8-6-18(26)7-9-19)31(29-15)25-27-21(14-35-25)16-4-3-5-20(11-16)34-2/h3-11,14,17H,12-13H2,1-2H3,(H,28,33). The second-order valence-corrected chi connectivity index (χ2v) is 9.04. The van der Waals surface area contributed by atoms with E-state index in [1.54, 1.807) is 17.9 Å². The first-order chi connectivity index (χ1) is 16.9. The lowest BCUT2D eigenvalue weighted by Crippen LogP contribution is -2.28. The molecule has 178 valence electrons. The molecule has 1 unspecified atom stereocenters. The van der Waals surface area contributed by atoms with Crippen molar-refractivity contribution in [1.29, 1.82) is 0 Å². The van der Waals surface area contributed by atoms with E-state index in [4.69, 9.17) is 9.72 Å². The Bertz CT molecular complexity index is 1400. The van der Waals surface area contributed by atoms with Gasteiger partial charge in [-0.2, -0.15) is 9.78 Å². The van der Waals surface area contributed by atoms with Crippen LogP contribution in [0.5, 0.6) is 5.75 Å². The van der Waals surface area contributed by atoms with Crippen LogP contribution in [-0.2, 0) is 9.59 Å². The van der Waals surface area contributed by atoms with Gasteiger partial charge < -0.3 is 15.0 Å². The van der Waals surface area contributed by atoms with Crippen molar-refractivity contribution in [2.75, 3.05) is 23.9 Å². The van der Waals surface area contributed by atoms with Crippen LogP contribution in [0.25, 0.3) is 16.4 Å². The normalized spacial score (nSPS) is 15.5. The molecule has 0 radical (unpaired) electrons. The topological polar surface area (TPSA) is 89.3 Å². The predicted octanol–water partition coefficient (Wildman–Crippen LogP) is 4.44. The molecule has 1 N–H and O–H groups in total. The number of amides is 2. The van der Waals surface area contributed by atoms with Crippen molar-refractivity contribution in [3.8, 4) is 22.1 Å². The van der Waals surface area contributed by atoms with Gasteiger partial charge in [0, 0.05) is 35.7 Å². The molecule has 0 spiro atoms. The number of carbonyl (C=O) groups is 2. The van der Waals surface area contributed by atoms with Crippen LogP contribution in [-0.4, -0.2) is 40.2 Å². The van der Waals surface area contributed by atoms with E-state index in [9.17, 15) is 14.0 Å². The van der Waals surface area contributed by atoms with E-state index in [0.29, 0.717) is 22.3 Å². The molecule has 8 nitrogen and oxygen atoms in total. The lowest BCUT2D eigenvalue weighted by Gasteiger charge is -2.16. The zero-order valence-electron chi connectivity index (χ0n) is 19.1. The molecule has 1 atom stereocenters. The lowest BCUT2D eigenvalue weighted by molar-refractivity contribution is -0.122. The zero-order valence-corrected chi connectivity index (χ0v) is 19.9. The number of aryl methyl sites for hydroxylation is 1. The van der Waals surface area contributed by atoms with E-state index in [1.165, 1.54) is 40.5 Å². The molecule has 2 amide bonds. The van der Waals surface area contributed by atoms with Gasteiger partial charge in [0.25, 0.3) is 0 Å². The van der Waals surface area contributed by atoms with Crippen molar-refractivity contribution in [1.82, 2.24) is 14.8 Å². The highest BCUT2D eigenvalue weighted by Crippen LogP contribution is 2.30. The average molecular weight is 492 g/mol. The average Bonchev–Trinajstić information content (AvgIpc) is 3.58. The third kappa shape index (κ3) is 4.65. The number of hydrogen-bond donors (Lipinski definition) is 1. The van der Waals surface area contributed by atoms with E-state index in [-0.39, 0.29) is 30.6 Å². The smallest absolute Gasteiger partial charge is 0.230 e. The quantitative estimate of drug-likeness (QED) is 0.431. The fraction of sp³-hybridized carbons (Fsp3) is 0.200. The molecular weight excluding hydrogens is 469 g/mol. The highest BCUT2D eigenvalue weighted by Gasteiger charge is 2.35. The Kier molecular flexibility index (Phi) is 6.04. The number of aromatic nitrogens is 3. The summed E-state index contributed by atoms with van der Waals surface area (Å²) in [6.45, 7) is 2.05. The molecular formula is C25H22FN5O3S. The molecule has 1 aliphatic heterocycles. The number of methoxy groups -OCH3 is 1. The van der Waals surface area contributed by atoms with Gasteiger partial charge in [0.2, 0.25) is 16.9 Å². The first kappa shape index (κ1) is 22.7. The summed E-state index contributed by atoms with van der Waals surface area (Å²) in [4.78, 5) is 31.8. The number of hydrogen-bond acceptors (Lipinski definition) is 6. The van der Waals surface area contributed by atoms with Gasteiger partial charge in [0.05, 0.1) is 24.4 Å². The summed E-state index contributed by atoms with van der Waals surface area (Å²) in [7, 11) is 1.61. The Morgan fingerprint density at radius 2 is 2.00 bits per heavy atom. The Morgan fingerprint density at radius 1 is 1.20 bits per heavy atom. The minimum absolute atomic E-state index is 0.0770. The molecule has 0 bridgehead atoms. The highest BCUT2D eigenvalue weighted by atomic mass is 32.1. The first-order valence-corrected chi connectivity index (χ1v) is 11.8. The predicted molar refractivity (Wildman–Crippen MR) is 131 cm³/mol. The number of nitrogens with zero attached hydrogens (tertiary/aromatic N) is 4. The second-order valence-electron chi connectivity index (χ2n) is 8.20. The van der Waals surface area contributed by atoms with Gasteiger partial charge in [-0.25, -0.2) is 9.37 Å². The Balaban J connectivity index is 1.34. The van der Waals surface area contributed by atoms with Crippen LogP contribution in [0.3, 0.4) is 0 Å². The van der Waals surface area contributed by atoms with Crippen LogP contribution in [0, 0.1) is 18.7 Å². The van der Waals surface area contributed by atoms with Gasteiger partial charge in [-0.15, -0.1) is 11.3 Å². The van der Waals surface area contributed by atoms with E-state index in [0.717, 1.165) is 17.0 Å². The summed E-state index contributed by atoms with van der Waals surface area (Å²) >= 11 is 1.40. The maximum Gasteiger partial charge on any atom is 0.230 e. The molecule has 10 heteroatoms. The van der Waals surface area contributed by atoms with Crippen molar-refractivity contribution < 1.29 is 18.7 Å². The first-order valence-electron chi connectivity index (χ1n) is 10.9. The maximum atomic E-state index is 13.2. The molecule has 2 aromatic heterocycles. The lowest BCUT2D eigenvalue weighted by atomic mass is 10.1. The maximum absolute atomic E-state index is 13.2. The van der Waals surface area contributed by atoms with Crippen LogP contribution in [0.4, 0.5) is 15.9 Å². The van der Waals surface area contributed by atoms with E-state index < -0.39 is 5.92 Å². The summed E-state index contributed by atoms with van der Waals surface area (Å²) in [5.41, 5.74) is 2.96. The van der Waals surface area contributed by atoms with Crippen molar-refractivity contribution >= 4 is 34.7 Å². The monoisotopic (exact) mass is 491 g/mol. The van der Waals surface area contributed by atoms with Crippen LogP contribution in [0.15, 0.2) is 60.0 Å². The van der Waals surface area contributed by atoms with Crippen molar-refractivity contribution in [2.45, 2.75) is 13.3 Å². The minimum atomic E-state index is -0.542. The minimum Gasteiger partial charge on any atom is -0.497 e. The fourth-order valence-corrected chi connectivity index (χ4v) is 4.79. The third-order valence-corrected chi connectivity index (χ3v) is 6.57. The number of benzene rings is 2. The van der Waals surface area contributed by atoms with Gasteiger partial charge >= 0.3 is 0 Å². The van der Waals surface area contributed by atoms with Crippen LogP contribution in [0.2, 0.25) is 0 Å². The largest absolute Gasteiger partial charge is 0.497 e. The van der Waals surface area contributed by atoms with E-state index in [1.807, 2.05) is 36.6 Å². The van der Waals surface area contributed by atoms with Gasteiger partial charge in [0.15, 0.2) is 0 Å². The number of halogens is 1. The van der Waals surface area contributed by atoms with Gasteiger partial charge in [-0.05, 0) is 43.3 Å². The third-order valence-electron chi connectivity index (χ3n) is 5.76. The molecule has 0 aliphatic carbocycles. The molecule has 2 aromatic carbocycles. The SMILES string of the molecule is COc1cccc(-c2csc(-n3nc(C)cc3NC(=O)C3CC(=O)N(c4ccc(F)cc4)C3)n2)c1. The second kappa shape index (κ2) is 9.30. The summed E-state index contributed by atoms with van der Waals surface area (Å²) in [6, 6.07) is 15.0. The molecule has 4 aromatic rings. The Hall–Kier alpha value is -4.05. The Morgan fingerprint density at radius 3 is 2.77 bits per heavy atom. The zero-order chi connectivity index (χ0) is 24.5. The fourth-order valence-electron chi connectivity index (χ4n) is 3.99. The molecule has 35 heavy (non-hydrogen) atoms. The number of nitrogens with one attached hydrogen (secondary N) is 1. The number of ether oxygens (including phenoxy) is 1. The van der Waals surface area contributed by atoms with Gasteiger partial charge in [0.1, 0.15) is 17.4 Å². The Labute approximate surface area is 205 Å². The molecule has 1 aliphatic rings. The van der Waals surface area contributed by atoms with Crippen LogP contribution >= 0.6 is 11.3 Å². The summed E-state index contributed by atoms with van der Waals surface area (Å²) in [5.74, 6) is -0.166. The molecule has 1 fully saturated rings. The van der Waals surface area contributed by atoms with Crippen LogP contribution < -0.4 is 15.0 Å². The highest BCUT2D eigenvalue weighted by molar-refractivity contribution is 7.12. The summed E-state index contributed by atoms with van der Waals surface area (Å²) in [6.07, 6.45) is 0.0770. The number of rotatable bonds is 6. The van der Waals surface area contributed by atoms with Crippen molar-refractivity contribution in [2.24, 2.45) is 5.92 Å². The number of anilines is 2. The molecule has 0 saturated carbocycles. The van der Waals surface area contributed by atoms with Crippen LogP contribution in [0.1, 0.15) is 12.1 Å². The molecule has 1 saturated heterocycles. The van der Waals surface area contributed by atoms with Gasteiger partial charge in [-0.1, -0.05) is 12.1 Å². The molecule has 3 heterocycles. The van der Waals surface area contributed by atoms with Crippen molar-refractivity contribution in [3.05, 3.63) is 71.5 Å². The number of thiazole rings is 1. The summed E-state index contributed by atoms with van der Waals surface area (Å²) in [5, 5.41) is 9.93. The number of carbonyl (C=O) groups excluding carboxylic acids is 2. The van der Waals surface area contributed by atoms with Gasteiger partial charge in [-0.3, -0.25) is 9.59 Å². The summed E-state index contributed by atoms with van der Waals surface area (Å²) < 4.78 is 20.1.